The quantitative estimate of drug-likeness (QED) is 0.668. The summed E-state index contributed by atoms with van der Waals surface area (Å²) in [7, 11) is 1.73. The minimum atomic E-state index is -0.663. The van der Waals surface area contributed by atoms with Crippen LogP contribution in [0.3, 0.4) is 0 Å². The number of hydrogen-bond acceptors (Lipinski definition) is 2. The van der Waals surface area contributed by atoms with Crippen molar-refractivity contribution >= 4 is 12.2 Å². The van der Waals surface area contributed by atoms with Crippen molar-refractivity contribution < 1.29 is 9.59 Å². The first-order chi connectivity index (χ1) is 6.82. The van der Waals surface area contributed by atoms with Crippen LogP contribution in [0.2, 0.25) is 0 Å². The maximum Gasteiger partial charge on any atom is 0.226 e. The van der Waals surface area contributed by atoms with Gasteiger partial charge >= 0.3 is 0 Å². The van der Waals surface area contributed by atoms with Crippen molar-refractivity contribution in [3.05, 3.63) is 0 Å². The predicted molar refractivity (Wildman–Crippen MR) is 59.4 cm³/mol. The van der Waals surface area contributed by atoms with E-state index in [1.165, 1.54) is 0 Å². The van der Waals surface area contributed by atoms with Crippen molar-refractivity contribution in [2.45, 2.75) is 46.1 Å². The zero-order valence-electron chi connectivity index (χ0n) is 10.3. The third-order valence-electron chi connectivity index (χ3n) is 4.31. The summed E-state index contributed by atoms with van der Waals surface area (Å²) in [5.74, 6) is 0.0825. The van der Waals surface area contributed by atoms with Crippen molar-refractivity contribution in [2.75, 3.05) is 7.05 Å². The molecule has 0 aromatic heterocycles. The van der Waals surface area contributed by atoms with E-state index in [4.69, 9.17) is 0 Å². The Hall–Kier alpha value is -0.860. The van der Waals surface area contributed by atoms with Gasteiger partial charge in [0.25, 0.3) is 0 Å². The highest BCUT2D eigenvalue weighted by molar-refractivity contribution is 5.89. The number of carbonyl (C=O) groups is 2. The van der Waals surface area contributed by atoms with Gasteiger partial charge < -0.3 is 9.69 Å². The molecule has 0 aromatic carbocycles. The number of carbonyl (C=O) groups excluding carboxylic acids is 2. The number of hydrogen-bond donors (Lipinski definition) is 0. The molecule has 1 amide bonds. The van der Waals surface area contributed by atoms with E-state index in [1.54, 1.807) is 11.9 Å². The Kier molecular flexibility index (Phi) is 2.94. The lowest BCUT2D eigenvalue weighted by atomic mass is 9.68. The minimum absolute atomic E-state index is 0.0253. The van der Waals surface area contributed by atoms with E-state index in [2.05, 4.69) is 6.92 Å². The molecule has 2 unspecified atom stereocenters. The normalized spacial score (nSPS) is 34.6. The number of likely N-dealkylation sites (N-methyl/N-ethyl adjacent to an activating group) is 1. The van der Waals surface area contributed by atoms with Gasteiger partial charge in [0.15, 0.2) is 0 Å². The predicted octanol–water partition coefficient (Wildman–Crippen LogP) is 1.86. The average Bonchev–Trinajstić information content (AvgIpc) is 2.32. The second kappa shape index (κ2) is 3.62. The van der Waals surface area contributed by atoms with Crippen molar-refractivity contribution in [1.29, 1.82) is 0 Å². The van der Waals surface area contributed by atoms with Gasteiger partial charge in [0.2, 0.25) is 5.91 Å². The first-order valence-corrected chi connectivity index (χ1v) is 5.57. The molecule has 1 heterocycles. The van der Waals surface area contributed by atoms with Gasteiger partial charge in [0.1, 0.15) is 11.8 Å². The summed E-state index contributed by atoms with van der Waals surface area (Å²) in [5, 5.41) is 0. The summed E-state index contributed by atoms with van der Waals surface area (Å²) in [4.78, 5) is 24.9. The molecule has 3 heteroatoms. The van der Waals surface area contributed by atoms with Crippen LogP contribution in [0.25, 0.3) is 0 Å². The number of rotatable bonds is 3. The molecule has 1 aliphatic rings. The maximum atomic E-state index is 12.1. The van der Waals surface area contributed by atoms with Gasteiger partial charge in [-0.3, -0.25) is 4.79 Å². The molecule has 0 radical (unpaired) electrons. The first kappa shape index (κ1) is 12.2. The number of nitrogens with zero attached hydrogens (tertiary/aromatic N) is 1. The highest BCUT2D eigenvalue weighted by Gasteiger charge is 2.59. The number of aldehydes is 1. The van der Waals surface area contributed by atoms with Crippen molar-refractivity contribution in [1.82, 2.24) is 4.90 Å². The summed E-state index contributed by atoms with van der Waals surface area (Å²) in [6, 6.07) is 0. The Morgan fingerprint density at radius 2 is 1.93 bits per heavy atom. The van der Waals surface area contributed by atoms with Gasteiger partial charge in [-0.2, -0.15) is 0 Å². The van der Waals surface area contributed by atoms with Crippen molar-refractivity contribution in [2.24, 2.45) is 11.3 Å². The molecule has 86 valence electrons. The molecule has 0 saturated carbocycles. The van der Waals surface area contributed by atoms with E-state index in [-0.39, 0.29) is 17.2 Å². The monoisotopic (exact) mass is 211 g/mol. The standard InChI is InChI=1S/C12H21NO2/c1-6-7-9-10(15)13(5)12(4,8-14)11(9,2)3/h8-9H,6-7H2,1-5H3. The van der Waals surface area contributed by atoms with Gasteiger partial charge in [0.05, 0.1) is 0 Å². The average molecular weight is 211 g/mol. The largest absolute Gasteiger partial charge is 0.333 e. The summed E-state index contributed by atoms with van der Waals surface area (Å²) in [6.07, 6.45) is 2.75. The van der Waals surface area contributed by atoms with E-state index in [1.807, 2.05) is 20.8 Å². The van der Waals surface area contributed by atoms with Gasteiger partial charge in [-0.05, 0) is 13.3 Å². The zero-order valence-corrected chi connectivity index (χ0v) is 10.3. The molecular formula is C12H21NO2. The molecule has 1 rings (SSSR count). The zero-order chi connectivity index (χ0) is 11.9. The Morgan fingerprint density at radius 1 is 1.40 bits per heavy atom. The fraction of sp³-hybridized carbons (Fsp3) is 0.833. The van der Waals surface area contributed by atoms with Gasteiger partial charge in [-0.15, -0.1) is 0 Å². The second-order valence-electron chi connectivity index (χ2n) is 5.23. The lowest BCUT2D eigenvalue weighted by molar-refractivity contribution is -0.135. The molecule has 1 aliphatic heterocycles. The number of amides is 1. The molecule has 1 fully saturated rings. The third-order valence-corrected chi connectivity index (χ3v) is 4.31. The summed E-state index contributed by atoms with van der Waals surface area (Å²) >= 11 is 0. The van der Waals surface area contributed by atoms with Crippen molar-refractivity contribution in [3.63, 3.8) is 0 Å². The van der Waals surface area contributed by atoms with Crippen LogP contribution in [-0.2, 0) is 9.59 Å². The fourth-order valence-electron chi connectivity index (χ4n) is 2.56. The second-order valence-corrected chi connectivity index (χ2v) is 5.23. The summed E-state index contributed by atoms with van der Waals surface area (Å²) < 4.78 is 0. The van der Waals surface area contributed by atoms with E-state index in [0.717, 1.165) is 19.1 Å². The summed E-state index contributed by atoms with van der Waals surface area (Å²) in [5.41, 5.74) is -0.944. The van der Waals surface area contributed by atoms with Crippen LogP contribution >= 0.6 is 0 Å². The van der Waals surface area contributed by atoms with E-state index in [0.29, 0.717) is 0 Å². The number of likely N-dealkylation sites (tertiary alicyclic amines) is 1. The molecule has 15 heavy (non-hydrogen) atoms. The maximum absolute atomic E-state index is 12.1. The van der Waals surface area contributed by atoms with Gasteiger partial charge in [-0.1, -0.05) is 27.2 Å². The topological polar surface area (TPSA) is 37.4 Å². The van der Waals surface area contributed by atoms with Gasteiger partial charge in [0, 0.05) is 18.4 Å². The molecule has 2 atom stereocenters. The molecule has 1 saturated heterocycles. The molecule has 0 aromatic rings. The Morgan fingerprint density at radius 3 is 2.27 bits per heavy atom. The SMILES string of the molecule is CCCC1C(=O)N(C)C(C)(C=O)C1(C)C. The Bertz CT molecular complexity index is 285. The van der Waals surface area contributed by atoms with Crippen LogP contribution in [0.5, 0.6) is 0 Å². The van der Waals surface area contributed by atoms with Crippen LogP contribution in [0, 0.1) is 11.3 Å². The van der Waals surface area contributed by atoms with Crippen LogP contribution in [0.1, 0.15) is 40.5 Å². The smallest absolute Gasteiger partial charge is 0.226 e. The van der Waals surface area contributed by atoms with Crippen LogP contribution in [0.15, 0.2) is 0 Å². The highest BCUT2D eigenvalue weighted by atomic mass is 16.2. The van der Waals surface area contributed by atoms with E-state index < -0.39 is 5.54 Å². The first-order valence-electron chi connectivity index (χ1n) is 5.57. The Balaban J connectivity index is 3.16. The molecule has 0 spiro atoms. The Labute approximate surface area is 91.8 Å². The minimum Gasteiger partial charge on any atom is -0.333 e. The van der Waals surface area contributed by atoms with Crippen LogP contribution < -0.4 is 0 Å². The molecule has 0 N–H and O–H groups in total. The van der Waals surface area contributed by atoms with Crippen molar-refractivity contribution in [3.8, 4) is 0 Å². The molecule has 0 aliphatic carbocycles. The molecule has 3 nitrogen and oxygen atoms in total. The lowest BCUT2D eigenvalue weighted by Crippen LogP contribution is -2.50. The van der Waals surface area contributed by atoms with E-state index >= 15 is 0 Å². The molecule has 0 bridgehead atoms. The third kappa shape index (κ3) is 1.40. The lowest BCUT2D eigenvalue weighted by Gasteiger charge is -2.38. The van der Waals surface area contributed by atoms with Crippen LogP contribution in [0.4, 0.5) is 0 Å². The fourth-order valence-corrected chi connectivity index (χ4v) is 2.56. The molecular weight excluding hydrogens is 190 g/mol. The van der Waals surface area contributed by atoms with E-state index in [9.17, 15) is 9.59 Å². The summed E-state index contributed by atoms with van der Waals surface area (Å²) in [6.45, 7) is 7.96. The van der Waals surface area contributed by atoms with Crippen LogP contribution in [-0.4, -0.2) is 29.7 Å². The van der Waals surface area contributed by atoms with Gasteiger partial charge in [-0.25, -0.2) is 0 Å². The highest BCUT2D eigenvalue weighted by Crippen LogP contribution is 2.49.